The zero-order valence-corrected chi connectivity index (χ0v) is 17.2. The first-order valence-corrected chi connectivity index (χ1v) is 9.52. The van der Waals surface area contributed by atoms with E-state index in [0.29, 0.717) is 28.7 Å². The van der Waals surface area contributed by atoms with Crippen LogP contribution >= 0.6 is 11.6 Å². The maximum absolute atomic E-state index is 12.4. The Hall–Kier alpha value is -2.57. The van der Waals surface area contributed by atoms with E-state index in [1.165, 1.54) is 0 Å². The average molecular weight is 404 g/mol. The van der Waals surface area contributed by atoms with E-state index in [9.17, 15) is 9.59 Å². The third kappa shape index (κ3) is 6.55. The van der Waals surface area contributed by atoms with E-state index in [2.05, 4.69) is 10.6 Å². The first-order valence-electron chi connectivity index (χ1n) is 9.14. The van der Waals surface area contributed by atoms with Gasteiger partial charge in [-0.05, 0) is 49.7 Å². The van der Waals surface area contributed by atoms with Gasteiger partial charge in [0.2, 0.25) is 11.8 Å². The Balaban J connectivity index is 1.95. The second-order valence-corrected chi connectivity index (χ2v) is 6.88. The summed E-state index contributed by atoms with van der Waals surface area (Å²) in [6.07, 6.45) is 0.825. The molecule has 0 aliphatic rings. The van der Waals surface area contributed by atoms with Crippen molar-refractivity contribution in [2.75, 3.05) is 37.4 Å². The van der Waals surface area contributed by atoms with Gasteiger partial charge in [-0.3, -0.25) is 14.5 Å². The van der Waals surface area contributed by atoms with E-state index in [4.69, 9.17) is 16.3 Å². The van der Waals surface area contributed by atoms with Gasteiger partial charge in [-0.2, -0.15) is 0 Å². The van der Waals surface area contributed by atoms with Crippen LogP contribution in [0.5, 0.6) is 5.75 Å². The number of hydrogen-bond acceptors (Lipinski definition) is 4. The van der Waals surface area contributed by atoms with Gasteiger partial charge in [-0.25, -0.2) is 0 Å². The van der Waals surface area contributed by atoms with E-state index >= 15 is 0 Å². The molecule has 6 nitrogen and oxygen atoms in total. The molecule has 150 valence electrons. The minimum Gasteiger partial charge on any atom is -0.495 e. The maximum Gasteiger partial charge on any atom is 0.238 e. The van der Waals surface area contributed by atoms with Crippen LogP contribution in [-0.2, 0) is 9.59 Å². The Morgan fingerprint density at radius 1 is 1.07 bits per heavy atom. The number of anilines is 2. The maximum atomic E-state index is 12.4. The highest BCUT2D eigenvalue weighted by atomic mass is 35.5. The molecule has 0 aliphatic carbocycles. The van der Waals surface area contributed by atoms with Crippen LogP contribution in [0.1, 0.15) is 18.9 Å². The topological polar surface area (TPSA) is 70.7 Å². The average Bonchev–Trinajstić information content (AvgIpc) is 2.65. The molecule has 0 unspecified atom stereocenters. The lowest BCUT2D eigenvalue weighted by atomic mass is 10.2. The van der Waals surface area contributed by atoms with Crippen LogP contribution in [0.3, 0.4) is 0 Å². The first-order chi connectivity index (χ1) is 13.4. The van der Waals surface area contributed by atoms with Crippen LogP contribution in [0, 0.1) is 6.92 Å². The highest BCUT2D eigenvalue weighted by Gasteiger charge is 2.15. The van der Waals surface area contributed by atoms with Crippen LogP contribution < -0.4 is 15.4 Å². The monoisotopic (exact) mass is 403 g/mol. The molecule has 2 aromatic carbocycles. The molecular weight excluding hydrogens is 378 g/mol. The van der Waals surface area contributed by atoms with Crippen molar-refractivity contribution in [1.29, 1.82) is 0 Å². The normalized spacial score (nSPS) is 10.6. The number of para-hydroxylation sites is 2. The van der Waals surface area contributed by atoms with Crippen LogP contribution in [-0.4, -0.2) is 43.5 Å². The highest BCUT2D eigenvalue weighted by molar-refractivity contribution is 6.31. The van der Waals surface area contributed by atoms with Gasteiger partial charge >= 0.3 is 0 Å². The molecule has 0 atom stereocenters. The van der Waals surface area contributed by atoms with Crippen molar-refractivity contribution < 1.29 is 14.3 Å². The number of carbonyl (C=O) groups is 2. The summed E-state index contributed by atoms with van der Waals surface area (Å²) in [5.74, 6) is 0.189. The molecule has 2 rings (SSSR count). The summed E-state index contributed by atoms with van der Waals surface area (Å²) in [6.45, 7) is 4.74. The van der Waals surface area contributed by atoms with Crippen molar-refractivity contribution in [1.82, 2.24) is 4.90 Å². The van der Waals surface area contributed by atoms with Gasteiger partial charge < -0.3 is 15.4 Å². The molecule has 7 heteroatoms. The smallest absolute Gasteiger partial charge is 0.238 e. The van der Waals surface area contributed by atoms with E-state index in [0.717, 1.165) is 12.0 Å². The van der Waals surface area contributed by atoms with Crippen LogP contribution in [0.2, 0.25) is 5.02 Å². The fraction of sp³-hybridized carbons (Fsp3) is 0.333. The molecule has 0 aromatic heterocycles. The lowest BCUT2D eigenvalue weighted by Crippen LogP contribution is -2.39. The van der Waals surface area contributed by atoms with Gasteiger partial charge in [0.15, 0.2) is 0 Å². The zero-order chi connectivity index (χ0) is 20.5. The zero-order valence-electron chi connectivity index (χ0n) is 16.4. The molecule has 0 radical (unpaired) electrons. The number of carbonyl (C=O) groups excluding carboxylic acids is 2. The summed E-state index contributed by atoms with van der Waals surface area (Å²) < 4.78 is 5.24. The number of aryl methyl sites for hydroxylation is 1. The lowest BCUT2D eigenvalue weighted by Gasteiger charge is -2.21. The summed E-state index contributed by atoms with van der Waals surface area (Å²) in [5, 5.41) is 6.25. The van der Waals surface area contributed by atoms with Gasteiger partial charge in [0.1, 0.15) is 5.75 Å². The molecule has 2 amide bonds. The number of halogens is 1. The predicted octanol–water partition coefficient (Wildman–Crippen LogP) is 3.95. The largest absolute Gasteiger partial charge is 0.495 e. The van der Waals surface area contributed by atoms with Gasteiger partial charge in [0.25, 0.3) is 0 Å². The fourth-order valence-electron chi connectivity index (χ4n) is 2.75. The summed E-state index contributed by atoms with van der Waals surface area (Å²) in [6, 6.07) is 12.6. The minimum absolute atomic E-state index is 0.105. The SMILES string of the molecule is CCCN(CC(=O)Nc1ccc(C)c(Cl)c1)CC(=O)Nc1ccccc1OC. The summed E-state index contributed by atoms with van der Waals surface area (Å²) in [5.41, 5.74) is 2.18. The van der Waals surface area contributed by atoms with Crippen molar-refractivity contribution in [3.05, 3.63) is 53.1 Å². The first kappa shape index (κ1) is 21.7. The summed E-state index contributed by atoms with van der Waals surface area (Å²) in [4.78, 5) is 26.6. The number of hydrogen-bond donors (Lipinski definition) is 2. The fourth-order valence-corrected chi connectivity index (χ4v) is 2.93. The van der Waals surface area contributed by atoms with Crippen LogP contribution in [0.4, 0.5) is 11.4 Å². The molecule has 0 spiro atoms. The Labute approximate surface area is 170 Å². The molecular formula is C21H26ClN3O3. The predicted molar refractivity (Wildman–Crippen MR) is 113 cm³/mol. The van der Waals surface area contributed by atoms with Gasteiger partial charge in [0.05, 0.1) is 25.9 Å². The second kappa shape index (κ2) is 10.7. The molecule has 2 aromatic rings. The van der Waals surface area contributed by atoms with Crippen molar-refractivity contribution in [2.24, 2.45) is 0 Å². The Kier molecular flexibility index (Phi) is 8.29. The van der Waals surface area contributed by atoms with E-state index in [1.807, 2.05) is 32.0 Å². The van der Waals surface area contributed by atoms with Crippen LogP contribution in [0.15, 0.2) is 42.5 Å². The highest BCUT2D eigenvalue weighted by Crippen LogP contribution is 2.23. The van der Waals surface area contributed by atoms with E-state index < -0.39 is 0 Å². The third-order valence-electron chi connectivity index (χ3n) is 4.11. The third-order valence-corrected chi connectivity index (χ3v) is 4.52. The summed E-state index contributed by atoms with van der Waals surface area (Å²) >= 11 is 6.10. The molecule has 0 saturated carbocycles. The van der Waals surface area contributed by atoms with Gasteiger partial charge in [0, 0.05) is 10.7 Å². The molecule has 2 N–H and O–H groups in total. The van der Waals surface area contributed by atoms with Gasteiger partial charge in [-0.15, -0.1) is 0 Å². The number of nitrogens with one attached hydrogen (secondary N) is 2. The Bertz CT molecular complexity index is 826. The lowest BCUT2D eigenvalue weighted by molar-refractivity contribution is -0.120. The van der Waals surface area contributed by atoms with Crippen molar-refractivity contribution in [2.45, 2.75) is 20.3 Å². The minimum atomic E-state index is -0.205. The number of benzene rings is 2. The van der Waals surface area contributed by atoms with Crippen molar-refractivity contribution in [3.8, 4) is 5.75 Å². The van der Waals surface area contributed by atoms with E-state index in [1.54, 1.807) is 36.3 Å². The number of ether oxygens (including phenoxy) is 1. The van der Waals surface area contributed by atoms with Gasteiger partial charge in [-0.1, -0.05) is 36.7 Å². The number of rotatable bonds is 9. The Morgan fingerprint density at radius 3 is 2.39 bits per heavy atom. The molecule has 0 bridgehead atoms. The van der Waals surface area contributed by atoms with Crippen LogP contribution in [0.25, 0.3) is 0 Å². The van der Waals surface area contributed by atoms with Crippen molar-refractivity contribution >= 4 is 34.8 Å². The molecule has 0 aliphatic heterocycles. The van der Waals surface area contributed by atoms with E-state index in [-0.39, 0.29) is 24.9 Å². The molecule has 28 heavy (non-hydrogen) atoms. The number of methoxy groups -OCH3 is 1. The van der Waals surface area contributed by atoms with Crippen molar-refractivity contribution in [3.63, 3.8) is 0 Å². The second-order valence-electron chi connectivity index (χ2n) is 6.47. The quantitative estimate of drug-likeness (QED) is 0.665. The summed E-state index contributed by atoms with van der Waals surface area (Å²) in [7, 11) is 1.55. The number of amides is 2. The molecule has 0 saturated heterocycles. The molecule has 0 fully saturated rings. The Morgan fingerprint density at radius 2 is 1.75 bits per heavy atom. The number of nitrogens with zero attached hydrogens (tertiary/aromatic N) is 1. The standard InChI is InChI=1S/C21H26ClN3O3/c1-4-11-25(13-20(26)23-16-10-9-15(2)17(22)12-16)14-21(27)24-18-7-5-6-8-19(18)28-3/h5-10,12H,4,11,13-14H2,1-3H3,(H,23,26)(H,24,27). The molecule has 0 heterocycles.